The summed E-state index contributed by atoms with van der Waals surface area (Å²) in [6.07, 6.45) is 3.13. The molecule has 0 aromatic carbocycles. The lowest BCUT2D eigenvalue weighted by atomic mass is 10.0. The summed E-state index contributed by atoms with van der Waals surface area (Å²) in [5, 5.41) is 8.74. The molecule has 19 heavy (non-hydrogen) atoms. The zero-order valence-electron chi connectivity index (χ0n) is 11.5. The van der Waals surface area contributed by atoms with Crippen molar-refractivity contribution in [1.82, 2.24) is 4.90 Å². The number of halogens is 1. The maximum absolute atomic E-state index is 11.7. The monoisotopic (exact) mass is 313 g/mol. The molecule has 1 rings (SSSR count). The van der Waals surface area contributed by atoms with Crippen molar-refractivity contribution in [3.63, 3.8) is 0 Å². The molecule has 1 N–H and O–H groups in total. The molecule has 1 heterocycles. The summed E-state index contributed by atoms with van der Waals surface area (Å²) in [6, 6.07) is -0.430. The summed E-state index contributed by atoms with van der Waals surface area (Å²) in [6.45, 7) is 4.67. The molecule has 114 valence electrons. The first-order valence-electron chi connectivity index (χ1n) is 6.53. The Hall–Kier alpha value is -0.330. The number of aliphatic carboxylic acids is 1. The molecule has 1 aliphatic rings. The lowest BCUT2D eigenvalue weighted by molar-refractivity contribution is -0.144. The highest BCUT2D eigenvalue weighted by Crippen LogP contribution is 2.17. The molecule has 0 radical (unpaired) electrons. The van der Waals surface area contributed by atoms with Gasteiger partial charge in [-0.3, -0.25) is 9.69 Å². The van der Waals surface area contributed by atoms with E-state index in [0.717, 1.165) is 19.4 Å². The third kappa shape index (κ3) is 5.67. The van der Waals surface area contributed by atoms with Crippen molar-refractivity contribution < 1.29 is 18.3 Å². The number of carboxylic acids is 1. The molecule has 0 aliphatic carbocycles. The van der Waals surface area contributed by atoms with Crippen molar-refractivity contribution >= 4 is 28.2 Å². The predicted molar refractivity (Wildman–Crippen MR) is 77.6 cm³/mol. The van der Waals surface area contributed by atoms with Crippen LogP contribution in [-0.4, -0.2) is 54.5 Å². The number of piperidine rings is 1. The summed E-state index contributed by atoms with van der Waals surface area (Å²) in [5.74, 6) is -0.644. The minimum absolute atomic E-state index is 0. The van der Waals surface area contributed by atoms with Gasteiger partial charge in [0.2, 0.25) is 0 Å². The lowest BCUT2D eigenvalue weighted by Gasteiger charge is -2.32. The van der Waals surface area contributed by atoms with Gasteiger partial charge < -0.3 is 5.11 Å². The minimum Gasteiger partial charge on any atom is -0.480 e. The molecule has 0 bridgehead atoms. The van der Waals surface area contributed by atoms with Crippen LogP contribution >= 0.6 is 12.4 Å². The van der Waals surface area contributed by atoms with Gasteiger partial charge in [-0.05, 0) is 46.2 Å². The highest BCUT2D eigenvalue weighted by Gasteiger charge is 2.28. The Morgan fingerprint density at radius 2 is 2.00 bits per heavy atom. The third-order valence-electron chi connectivity index (χ3n) is 3.49. The first-order valence-corrected chi connectivity index (χ1v) is 8.24. The number of hydrogen-bond donors (Lipinski definition) is 1. The Morgan fingerprint density at radius 1 is 1.37 bits per heavy atom. The van der Waals surface area contributed by atoms with Crippen LogP contribution in [0.3, 0.4) is 0 Å². The Morgan fingerprint density at radius 3 is 2.53 bits per heavy atom. The van der Waals surface area contributed by atoms with Gasteiger partial charge in [-0.15, -0.1) is 12.4 Å². The van der Waals surface area contributed by atoms with E-state index in [1.54, 1.807) is 13.8 Å². The van der Waals surface area contributed by atoms with E-state index in [0.29, 0.717) is 19.4 Å². The van der Waals surface area contributed by atoms with Gasteiger partial charge in [-0.25, -0.2) is 8.42 Å². The Kier molecular flexibility index (Phi) is 7.93. The summed E-state index contributed by atoms with van der Waals surface area (Å²) >= 11 is 0. The fourth-order valence-electron chi connectivity index (χ4n) is 2.24. The second-order valence-corrected chi connectivity index (χ2v) is 7.83. The van der Waals surface area contributed by atoms with Gasteiger partial charge in [-0.2, -0.15) is 0 Å². The standard InChI is InChI=1S/C12H23NO4S.ClH/c1-10(2)18(16,17)9-5-8-13-7-4-3-6-11(13)12(14)15;/h10-11H,3-9H2,1-2H3,(H,14,15);1H. The van der Waals surface area contributed by atoms with Crippen molar-refractivity contribution in [1.29, 1.82) is 0 Å². The number of rotatable bonds is 6. The van der Waals surface area contributed by atoms with Crippen LogP contribution in [0.4, 0.5) is 0 Å². The molecule has 0 amide bonds. The largest absolute Gasteiger partial charge is 0.480 e. The number of likely N-dealkylation sites (tertiary alicyclic amines) is 1. The van der Waals surface area contributed by atoms with Gasteiger partial charge in [0.15, 0.2) is 9.84 Å². The maximum Gasteiger partial charge on any atom is 0.320 e. The number of carboxylic acid groups (broad SMARTS) is 1. The van der Waals surface area contributed by atoms with Crippen LogP contribution in [0.5, 0.6) is 0 Å². The van der Waals surface area contributed by atoms with E-state index >= 15 is 0 Å². The van der Waals surface area contributed by atoms with Crippen LogP contribution in [-0.2, 0) is 14.6 Å². The van der Waals surface area contributed by atoms with Crippen LogP contribution in [0.1, 0.15) is 39.5 Å². The van der Waals surface area contributed by atoms with Crippen molar-refractivity contribution in [2.45, 2.75) is 50.8 Å². The molecule has 0 saturated carbocycles. The maximum atomic E-state index is 11.7. The second kappa shape index (κ2) is 8.07. The lowest BCUT2D eigenvalue weighted by Crippen LogP contribution is -2.45. The molecule has 1 aliphatic heterocycles. The fraction of sp³-hybridized carbons (Fsp3) is 0.917. The third-order valence-corrected chi connectivity index (χ3v) is 5.79. The van der Waals surface area contributed by atoms with E-state index in [4.69, 9.17) is 5.11 Å². The smallest absolute Gasteiger partial charge is 0.320 e. The Balaban J connectivity index is 0.00000324. The van der Waals surface area contributed by atoms with Crippen LogP contribution in [0.25, 0.3) is 0 Å². The average molecular weight is 314 g/mol. The summed E-state index contributed by atoms with van der Waals surface area (Å²) in [5.41, 5.74) is 0. The van der Waals surface area contributed by atoms with Crippen molar-refractivity contribution in [3.05, 3.63) is 0 Å². The van der Waals surface area contributed by atoms with Gasteiger partial charge in [0.05, 0.1) is 11.0 Å². The first kappa shape index (κ1) is 18.7. The summed E-state index contributed by atoms with van der Waals surface area (Å²) in [7, 11) is -3.01. The molecular formula is C12H24ClNO4S. The molecule has 0 spiro atoms. The van der Waals surface area contributed by atoms with Crippen LogP contribution in [0, 0.1) is 0 Å². The topological polar surface area (TPSA) is 74.7 Å². The van der Waals surface area contributed by atoms with Gasteiger partial charge in [0.25, 0.3) is 0 Å². The molecular weight excluding hydrogens is 290 g/mol. The van der Waals surface area contributed by atoms with Gasteiger partial charge in [-0.1, -0.05) is 6.42 Å². The zero-order valence-corrected chi connectivity index (χ0v) is 13.2. The number of hydrogen-bond acceptors (Lipinski definition) is 4. The van der Waals surface area contributed by atoms with Gasteiger partial charge in [0, 0.05) is 0 Å². The summed E-state index contributed by atoms with van der Waals surface area (Å²) < 4.78 is 23.3. The van der Waals surface area contributed by atoms with E-state index in [1.165, 1.54) is 0 Å². The van der Waals surface area contributed by atoms with Gasteiger partial charge in [0.1, 0.15) is 6.04 Å². The minimum atomic E-state index is -3.01. The molecule has 1 unspecified atom stereocenters. The Labute approximate surface area is 121 Å². The number of sulfone groups is 1. The van der Waals surface area contributed by atoms with E-state index in [-0.39, 0.29) is 23.4 Å². The van der Waals surface area contributed by atoms with Crippen LogP contribution in [0.15, 0.2) is 0 Å². The molecule has 1 fully saturated rings. The SMILES string of the molecule is CC(C)S(=O)(=O)CCCN1CCCCC1C(=O)O.Cl. The van der Waals surface area contributed by atoms with E-state index < -0.39 is 21.8 Å². The fourth-order valence-corrected chi connectivity index (χ4v) is 3.25. The normalized spacial score (nSPS) is 21.1. The predicted octanol–water partition coefficient (Wildman–Crippen LogP) is 1.56. The highest BCUT2D eigenvalue weighted by atomic mass is 35.5. The van der Waals surface area contributed by atoms with E-state index in [9.17, 15) is 13.2 Å². The molecule has 0 aromatic rings. The van der Waals surface area contributed by atoms with Crippen LogP contribution in [0.2, 0.25) is 0 Å². The highest BCUT2D eigenvalue weighted by molar-refractivity contribution is 7.91. The van der Waals surface area contributed by atoms with Crippen LogP contribution < -0.4 is 0 Å². The first-order chi connectivity index (χ1) is 8.34. The second-order valence-electron chi connectivity index (χ2n) is 5.16. The summed E-state index contributed by atoms with van der Waals surface area (Å²) in [4.78, 5) is 13.0. The molecule has 1 saturated heterocycles. The number of carbonyl (C=O) groups is 1. The molecule has 0 aromatic heterocycles. The number of nitrogens with zero attached hydrogens (tertiary/aromatic N) is 1. The molecule has 5 nitrogen and oxygen atoms in total. The molecule has 7 heteroatoms. The van der Waals surface area contributed by atoms with E-state index in [2.05, 4.69) is 0 Å². The van der Waals surface area contributed by atoms with Crippen molar-refractivity contribution in [2.24, 2.45) is 0 Å². The molecule has 1 atom stereocenters. The van der Waals surface area contributed by atoms with Gasteiger partial charge >= 0.3 is 5.97 Å². The average Bonchev–Trinajstić information content (AvgIpc) is 2.29. The zero-order chi connectivity index (χ0) is 13.8. The quantitative estimate of drug-likeness (QED) is 0.805. The Bertz CT molecular complexity index is 383. The van der Waals surface area contributed by atoms with Crippen molar-refractivity contribution in [3.8, 4) is 0 Å². The van der Waals surface area contributed by atoms with Crippen molar-refractivity contribution in [2.75, 3.05) is 18.8 Å². The van der Waals surface area contributed by atoms with E-state index in [1.807, 2.05) is 4.90 Å².